The topological polar surface area (TPSA) is 60.5 Å². The molecular weight excluding hydrogens is 403 g/mol. The Morgan fingerprint density at radius 1 is 1.23 bits per heavy atom. The maximum atomic E-state index is 13.1. The first-order chi connectivity index (χ1) is 14.6. The molecule has 0 saturated carbocycles. The second-order valence-corrected chi connectivity index (χ2v) is 8.03. The van der Waals surface area contributed by atoms with Gasteiger partial charge < -0.3 is 14.8 Å². The van der Waals surface area contributed by atoms with E-state index in [2.05, 4.69) is 22.4 Å². The molecule has 0 fully saturated rings. The van der Waals surface area contributed by atoms with Gasteiger partial charge in [-0.3, -0.25) is 4.98 Å². The molecule has 0 aliphatic carbocycles. The number of esters is 1. The zero-order valence-electron chi connectivity index (χ0n) is 16.4. The average molecular weight is 424 g/mol. The largest absolute Gasteiger partial charge is 0.493 e. The van der Waals surface area contributed by atoms with Crippen molar-refractivity contribution in [2.45, 2.75) is 22.1 Å². The molecule has 1 unspecified atom stereocenters. The van der Waals surface area contributed by atoms with Crippen LogP contribution in [0.25, 0.3) is 0 Å². The van der Waals surface area contributed by atoms with Gasteiger partial charge in [-0.15, -0.1) is 0 Å². The summed E-state index contributed by atoms with van der Waals surface area (Å²) in [6.07, 6.45) is 4.08. The monoisotopic (exact) mass is 424 g/mol. The third kappa shape index (κ3) is 4.57. The molecule has 0 amide bonds. The van der Waals surface area contributed by atoms with Crippen LogP contribution in [0, 0.1) is 5.82 Å². The van der Waals surface area contributed by atoms with Crippen LogP contribution >= 0.6 is 11.8 Å². The summed E-state index contributed by atoms with van der Waals surface area (Å²) < 4.78 is 23.9. The normalized spacial score (nSPS) is 15.1. The zero-order valence-corrected chi connectivity index (χ0v) is 17.2. The number of methoxy groups -OCH3 is 1. The maximum absolute atomic E-state index is 13.1. The molecule has 2 heterocycles. The third-order valence-corrected chi connectivity index (χ3v) is 5.96. The van der Waals surface area contributed by atoms with Gasteiger partial charge in [-0.05, 0) is 54.4 Å². The van der Waals surface area contributed by atoms with Crippen molar-refractivity contribution in [3.05, 3.63) is 77.9 Å². The van der Waals surface area contributed by atoms with Crippen LogP contribution in [0.5, 0.6) is 5.75 Å². The van der Waals surface area contributed by atoms with E-state index in [0.29, 0.717) is 24.4 Å². The van der Waals surface area contributed by atoms with Gasteiger partial charge >= 0.3 is 5.97 Å². The maximum Gasteiger partial charge on any atom is 0.340 e. The number of hydrogen-bond acceptors (Lipinski definition) is 6. The lowest BCUT2D eigenvalue weighted by atomic mass is 9.93. The predicted octanol–water partition coefficient (Wildman–Crippen LogP) is 5.14. The molecule has 1 N–H and O–H groups in total. The summed E-state index contributed by atoms with van der Waals surface area (Å²) in [5.41, 5.74) is 2.24. The number of nitrogens with one attached hydrogen (secondary N) is 1. The van der Waals surface area contributed by atoms with Gasteiger partial charge in [0.15, 0.2) is 0 Å². The summed E-state index contributed by atoms with van der Waals surface area (Å²) in [4.78, 5) is 18.1. The number of hydrogen-bond donors (Lipinski definition) is 1. The average Bonchev–Trinajstić information content (AvgIpc) is 2.78. The van der Waals surface area contributed by atoms with Gasteiger partial charge in [0.1, 0.15) is 11.6 Å². The highest BCUT2D eigenvalue weighted by Crippen LogP contribution is 2.38. The highest BCUT2D eigenvalue weighted by molar-refractivity contribution is 7.99. The molecule has 0 bridgehead atoms. The van der Waals surface area contributed by atoms with Gasteiger partial charge in [-0.1, -0.05) is 17.8 Å². The highest BCUT2D eigenvalue weighted by atomic mass is 32.2. The number of halogens is 1. The Labute approximate surface area is 178 Å². The molecule has 0 spiro atoms. The van der Waals surface area contributed by atoms with E-state index in [1.165, 1.54) is 19.2 Å². The summed E-state index contributed by atoms with van der Waals surface area (Å²) in [6.45, 7) is 1.28. The van der Waals surface area contributed by atoms with E-state index >= 15 is 0 Å². The van der Waals surface area contributed by atoms with Gasteiger partial charge in [0.2, 0.25) is 0 Å². The van der Waals surface area contributed by atoms with Gasteiger partial charge in [-0.2, -0.15) is 0 Å². The van der Waals surface area contributed by atoms with Crippen molar-refractivity contribution in [2.24, 2.45) is 0 Å². The van der Waals surface area contributed by atoms with Crippen LogP contribution in [-0.4, -0.2) is 31.2 Å². The van der Waals surface area contributed by atoms with E-state index < -0.39 is 5.97 Å². The Morgan fingerprint density at radius 3 is 2.83 bits per heavy atom. The lowest BCUT2D eigenvalue weighted by Crippen LogP contribution is -2.21. The lowest BCUT2D eigenvalue weighted by molar-refractivity contribution is 0.0601. The second kappa shape index (κ2) is 9.17. The number of nitrogens with zero attached hydrogens (tertiary/aromatic N) is 1. The number of rotatable bonds is 6. The van der Waals surface area contributed by atoms with Crippen LogP contribution in [0.4, 0.5) is 10.1 Å². The first-order valence-electron chi connectivity index (χ1n) is 9.60. The summed E-state index contributed by atoms with van der Waals surface area (Å²) in [7, 11) is 1.36. The second-order valence-electron chi connectivity index (χ2n) is 6.88. The van der Waals surface area contributed by atoms with Crippen LogP contribution in [0.15, 0.2) is 70.7 Å². The van der Waals surface area contributed by atoms with E-state index in [4.69, 9.17) is 9.47 Å². The Hall–Kier alpha value is -3.06. The van der Waals surface area contributed by atoms with E-state index in [1.54, 1.807) is 42.4 Å². The minimum Gasteiger partial charge on any atom is -0.493 e. The van der Waals surface area contributed by atoms with Crippen molar-refractivity contribution in [2.75, 3.05) is 25.6 Å². The molecule has 5 nitrogen and oxygen atoms in total. The molecular formula is C23H21FN2O3S. The fourth-order valence-corrected chi connectivity index (χ4v) is 4.26. The molecule has 1 aliphatic heterocycles. The highest BCUT2D eigenvalue weighted by Gasteiger charge is 2.22. The van der Waals surface area contributed by atoms with Gasteiger partial charge in [0.05, 0.1) is 31.2 Å². The van der Waals surface area contributed by atoms with Crippen molar-refractivity contribution in [1.82, 2.24) is 4.98 Å². The molecule has 4 rings (SSSR count). The first-order valence-corrected chi connectivity index (χ1v) is 10.4. The molecule has 30 heavy (non-hydrogen) atoms. The van der Waals surface area contributed by atoms with E-state index in [9.17, 15) is 9.18 Å². The van der Waals surface area contributed by atoms with E-state index in [1.807, 2.05) is 6.07 Å². The number of anilines is 1. The van der Waals surface area contributed by atoms with Crippen molar-refractivity contribution >= 4 is 23.4 Å². The molecule has 7 heteroatoms. The Bertz CT molecular complexity index is 1040. The zero-order chi connectivity index (χ0) is 20.9. The van der Waals surface area contributed by atoms with Gasteiger partial charge in [-0.25, -0.2) is 9.18 Å². The van der Waals surface area contributed by atoms with Crippen LogP contribution in [0.2, 0.25) is 0 Å². The minimum absolute atomic E-state index is 0.240. The molecule has 1 atom stereocenters. The van der Waals surface area contributed by atoms with Crippen molar-refractivity contribution in [1.29, 1.82) is 0 Å². The molecule has 154 valence electrons. The van der Waals surface area contributed by atoms with Crippen molar-refractivity contribution in [3.8, 4) is 5.75 Å². The Kier molecular flexibility index (Phi) is 6.18. The molecule has 0 radical (unpaired) electrons. The van der Waals surface area contributed by atoms with Gasteiger partial charge in [0.25, 0.3) is 0 Å². The number of carbonyl (C=O) groups is 1. The summed E-state index contributed by atoms with van der Waals surface area (Å²) >= 11 is 1.57. The van der Waals surface area contributed by atoms with E-state index in [-0.39, 0.29) is 11.7 Å². The first kappa shape index (κ1) is 20.2. The number of carbonyl (C=O) groups excluding carboxylic acids is 1. The standard InChI is InChI=1S/C23H21FN2O3S/c1-28-23(27)20-8-10-25-14-21(20)26-13-15-9-11-29-22-12-18(6-7-19(15)22)30-17-4-2-16(24)3-5-17/h2-8,10,12,14-15,26H,9,11,13H2,1H3. The smallest absolute Gasteiger partial charge is 0.340 e. The fourth-order valence-electron chi connectivity index (χ4n) is 3.41. The number of benzene rings is 2. The fraction of sp³-hybridized carbons (Fsp3) is 0.217. The van der Waals surface area contributed by atoms with Gasteiger partial charge in [0, 0.05) is 28.5 Å². The van der Waals surface area contributed by atoms with E-state index in [0.717, 1.165) is 27.5 Å². The summed E-state index contributed by atoms with van der Waals surface area (Å²) in [5.74, 6) is 0.464. The number of ether oxygens (including phenoxy) is 2. The van der Waals surface area contributed by atoms with Crippen LogP contribution in [-0.2, 0) is 4.74 Å². The number of aromatic nitrogens is 1. The SMILES string of the molecule is COC(=O)c1ccncc1NCC1CCOc2cc(Sc3ccc(F)cc3)ccc21. The quantitative estimate of drug-likeness (QED) is 0.553. The van der Waals surface area contributed by atoms with Crippen LogP contribution in [0.3, 0.4) is 0 Å². The third-order valence-electron chi connectivity index (χ3n) is 4.96. The molecule has 0 saturated heterocycles. The van der Waals surface area contributed by atoms with Crippen molar-refractivity contribution < 1.29 is 18.7 Å². The molecule has 3 aromatic rings. The summed E-state index contributed by atoms with van der Waals surface area (Å²) in [5, 5.41) is 3.34. The number of fused-ring (bicyclic) bond motifs is 1. The lowest BCUT2D eigenvalue weighted by Gasteiger charge is -2.27. The number of pyridine rings is 1. The summed E-state index contributed by atoms with van der Waals surface area (Å²) in [6, 6.07) is 14.2. The Morgan fingerprint density at radius 2 is 2.03 bits per heavy atom. The minimum atomic E-state index is -0.394. The van der Waals surface area contributed by atoms with Crippen molar-refractivity contribution in [3.63, 3.8) is 0 Å². The predicted molar refractivity (Wildman–Crippen MR) is 114 cm³/mol. The molecule has 1 aliphatic rings. The molecule has 1 aromatic heterocycles. The van der Waals surface area contributed by atoms with Crippen LogP contribution < -0.4 is 10.1 Å². The molecule has 2 aromatic carbocycles. The Balaban J connectivity index is 1.48. The van der Waals surface area contributed by atoms with Crippen LogP contribution in [0.1, 0.15) is 28.3 Å².